The minimum Gasteiger partial charge on any atom is -0.372 e. The largest absolute Gasteiger partial charge is 0.372 e. The van der Waals surface area contributed by atoms with E-state index < -0.39 is 0 Å². The van der Waals surface area contributed by atoms with Gasteiger partial charge in [-0.25, -0.2) is 0 Å². The Morgan fingerprint density at radius 3 is 2.09 bits per heavy atom. The normalized spacial score (nSPS) is 25.3. The average Bonchev–Trinajstić information content (AvgIpc) is 2.77. The standard InChI is InChI=1S/C28H45N3.ClH/c1-28(2)13-11-24(12-14-28)26-21-25(30-15-4-3-5-16-30)9-10-27(26)31-19-17-29(18-20-31)22-23-7-6-8-23;/h9-10,21,23-24H,3-8,11-20,22H2,1-2H3;1H. The van der Waals surface area contributed by atoms with Crippen molar-refractivity contribution in [1.82, 2.24) is 4.90 Å². The van der Waals surface area contributed by atoms with Gasteiger partial charge in [-0.05, 0) is 98.8 Å². The highest BCUT2D eigenvalue weighted by molar-refractivity contribution is 5.85. The highest BCUT2D eigenvalue weighted by atomic mass is 35.5. The molecule has 180 valence electrons. The van der Waals surface area contributed by atoms with Crippen LogP contribution in [0.1, 0.15) is 89.5 Å². The molecule has 0 N–H and O–H groups in total. The van der Waals surface area contributed by atoms with Gasteiger partial charge in [-0.3, -0.25) is 4.90 Å². The van der Waals surface area contributed by atoms with Crippen LogP contribution >= 0.6 is 12.4 Å². The minimum absolute atomic E-state index is 0. The van der Waals surface area contributed by atoms with Crippen LogP contribution in [0.5, 0.6) is 0 Å². The maximum Gasteiger partial charge on any atom is 0.0404 e. The monoisotopic (exact) mass is 459 g/mol. The molecule has 1 aromatic rings. The molecule has 2 saturated carbocycles. The lowest BCUT2D eigenvalue weighted by molar-refractivity contribution is 0.170. The van der Waals surface area contributed by atoms with Crippen LogP contribution in [-0.4, -0.2) is 50.7 Å². The second-order valence-corrected chi connectivity index (χ2v) is 11.8. The molecule has 5 rings (SSSR count). The molecular weight excluding hydrogens is 414 g/mol. The SMILES string of the molecule is CC1(C)CCC(c2cc(N3CCCCC3)ccc2N2CCN(CC3CCC3)CC2)CC1.Cl. The Morgan fingerprint density at radius 1 is 0.781 bits per heavy atom. The van der Waals surface area contributed by atoms with E-state index in [0.717, 1.165) is 11.8 Å². The number of rotatable bonds is 5. The smallest absolute Gasteiger partial charge is 0.0404 e. The maximum absolute atomic E-state index is 2.74. The summed E-state index contributed by atoms with van der Waals surface area (Å²) < 4.78 is 0. The van der Waals surface area contributed by atoms with Gasteiger partial charge in [0.1, 0.15) is 0 Å². The van der Waals surface area contributed by atoms with E-state index in [-0.39, 0.29) is 12.4 Å². The lowest BCUT2D eigenvalue weighted by Crippen LogP contribution is -2.48. The fraction of sp³-hybridized carbons (Fsp3) is 0.786. The fourth-order valence-corrected chi connectivity index (χ4v) is 6.43. The van der Waals surface area contributed by atoms with Crippen molar-refractivity contribution >= 4 is 23.8 Å². The van der Waals surface area contributed by atoms with Crippen LogP contribution in [0.15, 0.2) is 18.2 Å². The van der Waals surface area contributed by atoms with Crippen LogP contribution in [0.4, 0.5) is 11.4 Å². The van der Waals surface area contributed by atoms with E-state index in [2.05, 4.69) is 46.7 Å². The molecule has 3 nitrogen and oxygen atoms in total. The number of halogens is 1. The Kier molecular flexibility index (Phi) is 7.98. The quantitative estimate of drug-likeness (QED) is 0.484. The Balaban J connectivity index is 0.00000245. The molecule has 2 aliphatic heterocycles. The molecule has 4 fully saturated rings. The van der Waals surface area contributed by atoms with Gasteiger partial charge in [0.05, 0.1) is 0 Å². The Bertz CT molecular complexity index is 720. The third kappa shape index (κ3) is 5.58. The zero-order chi connectivity index (χ0) is 21.3. The molecule has 4 heteroatoms. The zero-order valence-corrected chi connectivity index (χ0v) is 21.5. The summed E-state index contributed by atoms with van der Waals surface area (Å²) >= 11 is 0. The second-order valence-electron chi connectivity index (χ2n) is 11.8. The number of hydrogen-bond acceptors (Lipinski definition) is 3. The van der Waals surface area contributed by atoms with E-state index >= 15 is 0 Å². The first kappa shape index (κ1) is 24.2. The summed E-state index contributed by atoms with van der Waals surface area (Å²) in [5.74, 6) is 1.75. The van der Waals surface area contributed by atoms with Crippen LogP contribution in [0, 0.1) is 11.3 Å². The van der Waals surface area contributed by atoms with Gasteiger partial charge in [-0.2, -0.15) is 0 Å². The number of hydrogen-bond donors (Lipinski definition) is 0. The second kappa shape index (κ2) is 10.6. The van der Waals surface area contributed by atoms with E-state index in [9.17, 15) is 0 Å². The highest BCUT2D eigenvalue weighted by Gasteiger charge is 2.31. The summed E-state index contributed by atoms with van der Waals surface area (Å²) in [6.45, 7) is 13.7. The minimum atomic E-state index is 0. The molecule has 0 radical (unpaired) electrons. The van der Waals surface area contributed by atoms with Gasteiger partial charge >= 0.3 is 0 Å². The van der Waals surface area contributed by atoms with Crippen molar-refractivity contribution in [2.24, 2.45) is 11.3 Å². The Labute approximate surface area is 203 Å². The van der Waals surface area contributed by atoms with Gasteiger partial charge in [0, 0.05) is 57.2 Å². The number of benzene rings is 1. The van der Waals surface area contributed by atoms with E-state index in [1.165, 1.54) is 116 Å². The number of piperazine rings is 1. The summed E-state index contributed by atoms with van der Waals surface area (Å²) in [7, 11) is 0. The highest BCUT2D eigenvalue weighted by Crippen LogP contribution is 2.46. The van der Waals surface area contributed by atoms with Gasteiger partial charge in [-0.15, -0.1) is 12.4 Å². The molecule has 0 amide bonds. The topological polar surface area (TPSA) is 9.72 Å². The lowest BCUT2D eigenvalue weighted by atomic mass is 9.71. The van der Waals surface area contributed by atoms with Crippen LogP contribution in [0.3, 0.4) is 0 Å². The maximum atomic E-state index is 2.74. The summed E-state index contributed by atoms with van der Waals surface area (Å²) in [6, 6.07) is 7.56. The van der Waals surface area contributed by atoms with E-state index in [1.54, 1.807) is 11.3 Å². The van der Waals surface area contributed by atoms with Gasteiger partial charge in [-0.1, -0.05) is 20.3 Å². The van der Waals surface area contributed by atoms with Crippen molar-refractivity contribution in [2.45, 2.75) is 84.0 Å². The first-order valence-electron chi connectivity index (χ1n) is 13.4. The van der Waals surface area contributed by atoms with Crippen LogP contribution in [-0.2, 0) is 0 Å². The summed E-state index contributed by atoms with van der Waals surface area (Å²) in [6.07, 6.45) is 14.0. The van der Waals surface area contributed by atoms with Gasteiger partial charge in [0.2, 0.25) is 0 Å². The summed E-state index contributed by atoms with van der Waals surface area (Å²) in [5, 5.41) is 0. The molecule has 1 aromatic carbocycles. The van der Waals surface area contributed by atoms with Crippen molar-refractivity contribution in [3.63, 3.8) is 0 Å². The molecule has 32 heavy (non-hydrogen) atoms. The molecule has 0 spiro atoms. The fourth-order valence-electron chi connectivity index (χ4n) is 6.43. The van der Waals surface area contributed by atoms with Crippen molar-refractivity contribution in [2.75, 3.05) is 55.6 Å². The lowest BCUT2D eigenvalue weighted by Gasteiger charge is -2.42. The average molecular weight is 460 g/mol. The molecule has 0 bridgehead atoms. The van der Waals surface area contributed by atoms with E-state index in [4.69, 9.17) is 0 Å². The van der Waals surface area contributed by atoms with Crippen molar-refractivity contribution in [1.29, 1.82) is 0 Å². The number of anilines is 2. The molecule has 0 aromatic heterocycles. The van der Waals surface area contributed by atoms with E-state index in [1.807, 2.05) is 0 Å². The molecule has 2 aliphatic carbocycles. The predicted octanol–water partition coefficient (Wildman–Crippen LogP) is 6.70. The zero-order valence-electron chi connectivity index (χ0n) is 20.7. The molecule has 0 atom stereocenters. The molecule has 2 saturated heterocycles. The van der Waals surface area contributed by atoms with Crippen molar-refractivity contribution < 1.29 is 0 Å². The predicted molar refractivity (Wildman–Crippen MR) is 141 cm³/mol. The van der Waals surface area contributed by atoms with Crippen LogP contribution in [0.2, 0.25) is 0 Å². The first-order chi connectivity index (χ1) is 15.1. The molecule has 4 aliphatic rings. The van der Waals surface area contributed by atoms with Gasteiger partial charge in [0.25, 0.3) is 0 Å². The third-order valence-electron chi connectivity index (χ3n) is 8.97. The Hall–Kier alpha value is -0.930. The summed E-state index contributed by atoms with van der Waals surface area (Å²) in [5.41, 5.74) is 5.26. The summed E-state index contributed by atoms with van der Waals surface area (Å²) in [4.78, 5) is 8.12. The first-order valence-corrected chi connectivity index (χ1v) is 13.4. The van der Waals surface area contributed by atoms with Gasteiger partial charge < -0.3 is 9.80 Å². The van der Waals surface area contributed by atoms with Crippen LogP contribution in [0.25, 0.3) is 0 Å². The molecule has 0 unspecified atom stereocenters. The third-order valence-corrected chi connectivity index (χ3v) is 8.97. The molecule has 2 heterocycles. The van der Waals surface area contributed by atoms with Gasteiger partial charge in [0.15, 0.2) is 0 Å². The molecular formula is C28H46ClN3. The van der Waals surface area contributed by atoms with Crippen molar-refractivity contribution in [3.05, 3.63) is 23.8 Å². The van der Waals surface area contributed by atoms with Crippen LogP contribution < -0.4 is 9.80 Å². The number of nitrogens with zero attached hydrogens (tertiary/aromatic N) is 3. The van der Waals surface area contributed by atoms with E-state index in [0.29, 0.717) is 5.41 Å². The van der Waals surface area contributed by atoms with Crippen molar-refractivity contribution in [3.8, 4) is 0 Å². The number of piperidine rings is 1. The Morgan fingerprint density at radius 2 is 1.47 bits per heavy atom.